The molecule has 0 saturated heterocycles. The Morgan fingerprint density at radius 1 is 0.810 bits per heavy atom. The topological polar surface area (TPSA) is 86.3 Å². The summed E-state index contributed by atoms with van der Waals surface area (Å²) in [7, 11) is 0. The molecule has 0 atom stereocenters. The summed E-state index contributed by atoms with van der Waals surface area (Å²) in [5.41, 5.74) is 2.95. The van der Waals surface area contributed by atoms with Crippen LogP contribution in [0.4, 0.5) is 11.4 Å². The lowest BCUT2D eigenvalue weighted by molar-refractivity contribution is -0.385. The Balaban J connectivity index is 2.31. The van der Waals surface area contributed by atoms with Crippen LogP contribution in [0.3, 0.4) is 0 Å². The third-order valence-electron chi connectivity index (χ3n) is 4.06. The van der Waals surface area contributed by atoms with E-state index >= 15 is 0 Å². The maximum atomic E-state index is 10.9. The van der Waals surface area contributed by atoms with Gasteiger partial charge in [-0.3, -0.25) is 20.2 Å². The van der Waals surface area contributed by atoms with Crippen LogP contribution in [0.1, 0.15) is 25.0 Å². The van der Waals surface area contributed by atoms with Crippen LogP contribution in [0.5, 0.6) is 0 Å². The quantitative estimate of drug-likeness (QED) is 0.619. The van der Waals surface area contributed by atoms with Crippen LogP contribution in [-0.4, -0.2) is 9.85 Å². The molecule has 0 N–H and O–H groups in total. The second-order valence-electron chi connectivity index (χ2n) is 5.60. The smallest absolute Gasteiger partial charge is 0.258 e. The predicted molar refractivity (Wildman–Crippen MR) is 77.3 cm³/mol. The van der Waals surface area contributed by atoms with Crippen molar-refractivity contribution in [2.24, 2.45) is 0 Å². The van der Waals surface area contributed by atoms with Gasteiger partial charge in [-0.25, -0.2) is 0 Å². The molecule has 21 heavy (non-hydrogen) atoms. The predicted octanol–water partition coefficient (Wildman–Crippen LogP) is 3.81. The van der Waals surface area contributed by atoms with Crippen molar-refractivity contribution in [3.63, 3.8) is 0 Å². The Morgan fingerprint density at radius 3 is 1.52 bits per heavy atom. The van der Waals surface area contributed by atoms with E-state index in [0.29, 0.717) is 11.1 Å². The average Bonchev–Trinajstić information content (AvgIpc) is 2.67. The third kappa shape index (κ3) is 1.79. The Bertz CT molecular complexity index is 731. The third-order valence-corrected chi connectivity index (χ3v) is 4.06. The number of nitro benzene ring substituents is 2. The molecule has 106 valence electrons. The van der Waals surface area contributed by atoms with Crippen molar-refractivity contribution in [1.29, 1.82) is 0 Å². The molecule has 0 heterocycles. The standard InChI is InChI=1S/C15H12N2O4/c1-15(2)13-5-3-9(16(18)19)7-11(13)12-8-10(17(20)21)4-6-14(12)15/h3-8H,1-2H3. The molecule has 3 rings (SSSR count). The van der Waals surface area contributed by atoms with Gasteiger partial charge in [0.1, 0.15) is 0 Å². The zero-order chi connectivity index (χ0) is 15.4. The first kappa shape index (κ1) is 13.2. The number of nitrogens with zero attached hydrogens (tertiary/aromatic N) is 2. The number of non-ortho nitro benzene ring substituents is 2. The van der Waals surface area contributed by atoms with Crippen molar-refractivity contribution in [3.8, 4) is 11.1 Å². The molecular formula is C15H12N2O4. The maximum absolute atomic E-state index is 10.9. The molecule has 0 amide bonds. The molecule has 6 nitrogen and oxygen atoms in total. The summed E-state index contributed by atoms with van der Waals surface area (Å²) in [6.45, 7) is 4.02. The van der Waals surface area contributed by atoms with E-state index in [9.17, 15) is 20.2 Å². The van der Waals surface area contributed by atoms with Gasteiger partial charge < -0.3 is 0 Å². The van der Waals surface area contributed by atoms with Crippen molar-refractivity contribution >= 4 is 11.4 Å². The van der Waals surface area contributed by atoms with Crippen molar-refractivity contribution in [1.82, 2.24) is 0 Å². The molecule has 2 aromatic carbocycles. The number of nitro groups is 2. The first-order valence-electron chi connectivity index (χ1n) is 6.40. The molecule has 0 saturated carbocycles. The van der Waals surface area contributed by atoms with Gasteiger partial charge in [-0.1, -0.05) is 26.0 Å². The van der Waals surface area contributed by atoms with Crippen LogP contribution >= 0.6 is 0 Å². The Morgan fingerprint density at radius 2 is 1.19 bits per heavy atom. The zero-order valence-electron chi connectivity index (χ0n) is 11.5. The second kappa shape index (κ2) is 4.12. The first-order chi connectivity index (χ1) is 9.82. The van der Waals surface area contributed by atoms with Crippen LogP contribution in [0, 0.1) is 20.2 Å². The van der Waals surface area contributed by atoms with Crippen molar-refractivity contribution < 1.29 is 9.85 Å². The largest absolute Gasteiger partial charge is 0.270 e. The highest BCUT2D eigenvalue weighted by Crippen LogP contribution is 2.50. The van der Waals surface area contributed by atoms with E-state index in [1.165, 1.54) is 24.3 Å². The van der Waals surface area contributed by atoms with Gasteiger partial charge in [-0.05, 0) is 22.3 Å². The molecule has 2 aromatic rings. The van der Waals surface area contributed by atoms with Gasteiger partial charge in [-0.2, -0.15) is 0 Å². The summed E-state index contributed by atoms with van der Waals surface area (Å²) < 4.78 is 0. The van der Waals surface area contributed by atoms with Gasteiger partial charge in [-0.15, -0.1) is 0 Å². The van der Waals surface area contributed by atoms with E-state index in [2.05, 4.69) is 0 Å². The number of rotatable bonds is 2. The monoisotopic (exact) mass is 284 g/mol. The fraction of sp³-hybridized carbons (Fsp3) is 0.200. The van der Waals surface area contributed by atoms with Gasteiger partial charge >= 0.3 is 0 Å². The minimum Gasteiger partial charge on any atom is -0.258 e. The minimum absolute atomic E-state index is 0.0103. The molecular weight excluding hydrogens is 272 g/mol. The van der Waals surface area contributed by atoms with Crippen LogP contribution < -0.4 is 0 Å². The molecule has 6 heteroatoms. The normalized spacial score (nSPS) is 14.4. The van der Waals surface area contributed by atoms with Gasteiger partial charge in [0.05, 0.1) is 9.85 Å². The Hall–Kier alpha value is -2.76. The van der Waals surface area contributed by atoms with Crippen molar-refractivity contribution in [2.45, 2.75) is 19.3 Å². The van der Waals surface area contributed by atoms with Crippen LogP contribution in [-0.2, 0) is 5.41 Å². The Kier molecular flexibility index (Phi) is 2.59. The van der Waals surface area contributed by atoms with Gasteiger partial charge in [0.15, 0.2) is 0 Å². The lowest BCUT2D eigenvalue weighted by atomic mass is 9.82. The molecule has 0 aliphatic heterocycles. The van der Waals surface area contributed by atoms with E-state index in [1.807, 2.05) is 13.8 Å². The summed E-state index contributed by atoms with van der Waals surface area (Å²) in [6.07, 6.45) is 0. The number of fused-ring (bicyclic) bond motifs is 3. The lowest BCUT2D eigenvalue weighted by Crippen LogP contribution is -2.14. The fourth-order valence-electron chi connectivity index (χ4n) is 2.97. The van der Waals surface area contributed by atoms with Crippen LogP contribution in [0.15, 0.2) is 36.4 Å². The molecule has 0 unspecified atom stereocenters. The SMILES string of the molecule is CC1(C)c2ccc([N+](=O)[O-])cc2-c2cc([N+](=O)[O-])ccc21. The van der Waals surface area contributed by atoms with E-state index in [1.54, 1.807) is 12.1 Å². The van der Waals surface area contributed by atoms with Gasteiger partial charge in [0.2, 0.25) is 0 Å². The maximum Gasteiger partial charge on any atom is 0.270 e. The molecule has 1 aliphatic rings. The first-order valence-corrected chi connectivity index (χ1v) is 6.40. The molecule has 0 fully saturated rings. The average molecular weight is 284 g/mol. The fourth-order valence-corrected chi connectivity index (χ4v) is 2.97. The Labute approximate surface area is 120 Å². The van der Waals surface area contributed by atoms with Crippen molar-refractivity contribution in [2.75, 3.05) is 0 Å². The zero-order valence-corrected chi connectivity index (χ0v) is 11.5. The summed E-state index contributed by atoms with van der Waals surface area (Å²) in [5, 5.41) is 21.9. The summed E-state index contributed by atoms with van der Waals surface area (Å²) in [4.78, 5) is 21.0. The molecule has 1 aliphatic carbocycles. The van der Waals surface area contributed by atoms with E-state index in [4.69, 9.17) is 0 Å². The van der Waals surface area contributed by atoms with Gasteiger partial charge in [0, 0.05) is 29.7 Å². The van der Waals surface area contributed by atoms with E-state index in [-0.39, 0.29) is 16.8 Å². The molecule has 0 spiro atoms. The lowest BCUT2D eigenvalue weighted by Gasteiger charge is -2.20. The second-order valence-corrected chi connectivity index (χ2v) is 5.60. The molecule has 0 radical (unpaired) electrons. The highest BCUT2D eigenvalue weighted by atomic mass is 16.6. The van der Waals surface area contributed by atoms with Crippen molar-refractivity contribution in [3.05, 3.63) is 67.8 Å². The van der Waals surface area contributed by atoms with Gasteiger partial charge in [0.25, 0.3) is 11.4 Å². The van der Waals surface area contributed by atoms with E-state index in [0.717, 1.165) is 11.1 Å². The number of hydrogen-bond acceptors (Lipinski definition) is 4. The summed E-state index contributed by atoms with van der Waals surface area (Å²) >= 11 is 0. The molecule has 0 aromatic heterocycles. The van der Waals surface area contributed by atoms with E-state index < -0.39 is 9.85 Å². The minimum atomic E-state index is -0.456. The summed E-state index contributed by atoms with van der Waals surface area (Å²) in [6, 6.07) is 9.40. The van der Waals surface area contributed by atoms with Crippen LogP contribution in [0.25, 0.3) is 11.1 Å². The number of benzene rings is 2. The molecule has 0 bridgehead atoms. The number of hydrogen-bond donors (Lipinski definition) is 0. The van der Waals surface area contributed by atoms with Crippen LogP contribution in [0.2, 0.25) is 0 Å². The highest BCUT2D eigenvalue weighted by molar-refractivity contribution is 5.83. The summed E-state index contributed by atoms with van der Waals surface area (Å²) in [5.74, 6) is 0. The highest BCUT2D eigenvalue weighted by Gasteiger charge is 2.37.